The fourth-order valence-electron chi connectivity index (χ4n) is 1.17. The van der Waals surface area contributed by atoms with Crippen LogP contribution in [0.15, 0.2) is 0 Å². The van der Waals surface area contributed by atoms with Gasteiger partial charge in [0.1, 0.15) is 6.04 Å². The lowest BCUT2D eigenvalue weighted by molar-refractivity contribution is -0.148. The Morgan fingerprint density at radius 2 is 2.00 bits per heavy atom. The lowest BCUT2D eigenvalue weighted by Gasteiger charge is -2.24. The van der Waals surface area contributed by atoms with E-state index in [0.717, 1.165) is 12.8 Å². The van der Waals surface area contributed by atoms with E-state index in [1.54, 1.807) is 0 Å². The Labute approximate surface area is 90.2 Å². The third-order valence-electron chi connectivity index (χ3n) is 2.47. The SMILES string of the molecule is CCCC[C@H](N)C(=O)N(C)C(C)C(=O)O. The molecule has 0 saturated carbocycles. The summed E-state index contributed by atoms with van der Waals surface area (Å²) in [5, 5.41) is 8.72. The zero-order valence-electron chi connectivity index (χ0n) is 9.56. The maximum absolute atomic E-state index is 11.6. The van der Waals surface area contributed by atoms with E-state index in [1.807, 2.05) is 6.92 Å². The van der Waals surface area contributed by atoms with E-state index in [1.165, 1.54) is 18.9 Å². The Morgan fingerprint density at radius 3 is 2.40 bits per heavy atom. The molecule has 15 heavy (non-hydrogen) atoms. The van der Waals surface area contributed by atoms with Crippen LogP contribution in [0.25, 0.3) is 0 Å². The summed E-state index contributed by atoms with van der Waals surface area (Å²) >= 11 is 0. The summed E-state index contributed by atoms with van der Waals surface area (Å²) in [4.78, 5) is 23.5. The summed E-state index contributed by atoms with van der Waals surface area (Å²) < 4.78 is 0. The predicted octanol–water partition coefficient (Wildman–Crippen LogP) is 0.435. The second-order valence-electron chi connectivity index (χ2n) is 3.71. The van der Waals surface area contributed by atoms with Crippen LogP contribution in [0, 0.1) is 0 Å². The van der Waals surface area contributed by atoms with Crippen LogP contribution in [0.5, 0.6) is 0 Å². The van der Waals surface area contributed by atoms with Crippen LogP contribution >= 0.6 is 0 Å². The van der Waals surface area contributed by atoms with Crippen molar-refractivity contribution in [3.63, 3.8) is 0 Å². The molecule has 0 heterocycles. The summed E-state index contributed by atoms with van der Waals surface area (Å²) in [6, 6.07) is -1.41. The highest BCUT2D eigenvalue weighted by Crippen LogP contribution is 2.04. The van der Waals surface area contributed by atoms with E-state index >= 15 is 0 Å². The molecular weight excluding hydrogens is 196 g/mol. The average Bonchev–Trinajstić information content (AvgIpc) is 2.22. The number of carboxylic acids is 1. The zero-order chi connectivity index (χ0) is 12.0. The molecule has 1 amide bonds. The first-order chi connectivity index (χ1) is 6.91. The molecule has 0 aliphatic heterocycles. The van der Waals surface area contributed by atoms with Gasteiger partial charge in [-0.05, 0) is 13.3 Å². The van der Waals surface area contributed by atoms with Gasteiger partial charge in [0.15, 0.2) is 0 Å². The van der Waals surface area contributed by atoms with E-state index in [2.05, 4.69) is 0 Å². The van der Waals surface area contributed by atoms with Crippen LogP contribution in [0.4, 0.5) is 0 Å². The summed E-state index contributed by atoms with van der Waals surface area (Å²) in [5.74, 6) is -1.33. The van der Waals surface area contributed by atoms with E-state index in [-0.39, 0.29) is 5.91 Å². The minimum atomic E-state index is -1.02. The third-order valence-corrected chi connectivity index (χ3v) is 2.47. The summed E-state index contributed by atoms with van der Waals surface area (Å²) in [6.45, 7) is 3.48. The third kappa shape index (κ3) is 4.29. The van der Waals surface area contributed by atoms with Gasteiger partial charge in [-0.1, -0.05) is 19.8 Å². The Balaban J connectivity index is 4.24. The highest BCUT2D eigenvalue weighted by Gasteiger charge is 2.25. The molecule has 0 aromatic heterocycles. The van der Waals surface area contributed by atoms with Gasteiger partial charge in [-0.3, -0.25) is 4.79 Å². The molecule has 0 aliphatic carbocycles. The van der Waals surface area contributed by atoms with Crippen molar-refractivity contribution >= 4 is 11.9 Å². The number of likely N-dealkylation sites (N-methyl/N-ethyl adjacent to an activating group) is 1. The van der Waals surface area contributed by atoms with Crippen molar-refractivity contribution in [3.05, 3.63) is 0 Å². The van der Waals surface area contributed by atoms with Crippen LogP contribution in [-0.2, 0) is 9.59 Å². The number of carbonyl (C=O) groups is 2. The van der Waals surface area contributed by atoms with Gasteiger partial charge in [-0.2, -0.15) is 0 Å². The van der Waals surface area contributed by atoms with Crippen molar-refractivity contribution in [3.8, 4) is 0 Å². The second kappa shape index (κ2) is 6.40. The highest BCUT2D eigenvalue weighted by atomic mass is 16.4. The molecule has 5 nitrogen and oxygen atoms in total. The minimum Gasteiger partial charge on any atom is -0.480 e. The van der Waals surface area contributed by atoms with Gasteiger partial charge in [0, 0.05) is 7.05 Å². The summed E-state index contributed by atoms with van der Waals surface area (Å²) in [6.07, 6.45) is 2.45. The molecule has 0 aliphatic rings. The van der Waals surface area contributed by atoms with Gasteiger partial charge in [0.05, 0.1) is 6.04 Å². The van der Waals surface area contributed by atoms with Crippen LogP contribution in [0.3, 0.4) is 0 Å². The van der Waals surface area contributed by atoms with Gasteiger partial charge in [0.2, 0.25) is 5.91 Å². The topological polar surface area (TPSA) is 83.6 Å². The van der Waals surface area contributed by atoms with Gasteiger partial charge in [-0.25, -0.2) is 4.79 Å². The molecule has 0 radical (unpaired) electrons. The minimum absolute atomic E-state index is 0.307. The molecule has 0 aromatic carbocycles. The van der Waals surface area contributed by atoms with Crippen molar-refractivity contribution in [2.45, 2.75) is 45.2 Å². The second-order valence-corrected chi connectivity index (χ2v) is 3.71. The fraction of sp³-hybridized carbons (Fsp3) is 0.800. The summed E-state index contributed by atoms with van der Waals surface area (Å²) in [5.41, 5.74) is 5.66. The molecule has 0 saturated heterocycles. The maximum atomic E-state index is 11.6. The van der Waals surface area contributed by atoms with E-state index < -0.39 is 18.1 Å². The number of hydrogen-bond acceptors (Lipinski definition) is 3. The number of unbranched alkanes of at least 4 members (excludes halogenated alkanes) is 1. The van der Waals surface area contributed by atoms with Crippen molar-refractivity contribution in [1.29, 1.82) is 0 Å². The monoisotopic (exact) mass is 216 g/mol. The van der Waals surface area contributed by atoms with Crippen LogP contribution < -0.4 is 5.73 Å². The molecule has 5 heteroatoms. The van der Waals surface area contributed by atoms with Crippen molar-refractivity contribution < 1.29 is 14.7 Å². The molecule has 0 aromatic rings. The Bertz CT molecular complexity index is 231. The number of carbonyl (C=O) groups excluding carboxylic acids is 1. The van der Waals surface area contributed by atoms with Gasteiger partial charge >= 0.3 is 5.97 Å². The quantitative estimate of drug-likeness (QED) is 0.674. The van der Waals surface area contributed by atoms with Gasteiger partial charge in [-0.15, -0.1) is 0 Å². The number of rotatable bonds is 6. The smallest absolute Gasteiger partial charge is 0.326 e. The maximum Gasteiger partial charge on any atom is 0.326 e. The summed E-state index contributed by atoms with van der Waals surface area (Å²) in [7, 11) is 1.47. The number of hydrogen-bond donors (Lipinski definition) is 2. The largest absolute Gasteiger partial charge is 0.480 e. The number of aliphatic carboxylic acids is 1. The Morgan fingerprint density at radius 1 is 1.47 bits per heavy atom. The average molecular weight is 216 g/mol. The molecule has 0 bridgehead atoms. The van der Waals surface area contributed by atoms with Crippen LogP contribution in [0.1, 0.15) is 33.1 Å². The van der Waals surface area contributed by atoms with E-state index in [0.29, 0.717) is 6.42 Å². The first kappa shape index (κ1) is 13.9. The van der Waals surface area contributed by atoms with Gasteiger partial charge < -0.3 is 15.7 Å². The predicted molar refractivity (Wildman–Crippen MR) is 57.4 cm³/mol. The molecule has 0 fully saturated rings. The normalized spacial score (nSPS) is 14.4. The van der Waals surface area contributed by atoms with E-state index in [4.69, 9.17) is 10.8 Å². The molecule has 0 spiro atoms. The molecule has 88 valence electrons. The van der Waals surface area contributed by atoms with Crippen molar-refractivity contribution in [2.24, 2.45) is 5.73 Å². The standard InChI is InChI=1S/C10H20N2O3/c1-4-5-6-8(11)9(13)12(3)7(2)10(14)15/h7-8H,4-6,11H2,1-3H3,(H,14,15)/t7?,8-/m0/s1. The first-order valence-electron chi connectivity index (χ1n) is 5.16. The highest BCUT2D eigenvalue weighted by molar-refractivity contribution is 5.86. The van der Waals surface area contributed by atoms with Crippen LogP contribution in [0.2, 0.25) is 0 Å². The number of nitrogens with zero attached hydrogens (tertiary/aromatic N) is 1. The lowest BCUT2D eigenvalue weighted by atomic mass is 10.1. The zero-order valence-corrected chi connectivity index (χ0v) is 9.56. The number of carboxylic acid groups (broad SMARTS) is 1. The first-order valence-corrected chi connectivity index (χ1v) is 5.16. The molecular formula is C10H20N2O3. The molecule has 3 N–H and O–H groups in total. The Kier molecular flexibility index (Phi) is 5.93. The van der Waals surface area contributed by atoms with Crippen molar-refractivity contribution in [2.75, 3.05) is 7.05 Å². The Hall–Kier alpha value is -1.10. The van der Waals surface area contributed by atoms with Crippen molar-refractivity contribution in [1.82, 2.24) is 4.90 Å². The van der Waals surface area contributed by atoms with Gasteiger partial charge in [0.25, 0.3) is 0 Å². The van der Waals surface area contributed by atoms with Crippen LogP contribution in [-0.4, -0.2) is 41.0 Å². The molecule has 0 rings (SSSR count). The lowest BCUT2D eigenvalue weighted by Crippen LogP contribution is -2.48. The van der Waals surface area contributed by atoms with E-state index in [9.17, 15) is 9.59 Å². The molecule has 2 atom stereocenters. The molecule has 1 unspecified atom stereocenters. The number of nitrogens with two attached hydrogens (primary N) is 1. The fourth-order valence-corrected chi connectivity index (χ4v) is 1.17. The number of amides is 1.